The summed E-state index contributed by atoms with van der Waals surface area (Å²) in [6.07, 6.45) is 0. The molecule has 0 atom stereocenters. The molecular formula is C8H4O4S. The van der Waals surface area contributed by atoms with Crippen molar-refractivity contribution in [1.29, 1.82) is 0 Å². The summed E-state index contributed by atoms with van der Waals surface area (Å²) in [5.74, 6) is -1.26. The van der Waals surface area contributed by atoms with Crippen LogP contribution in [0.25, 0.3) is 10.3 Å². The van der Waals surface area contributed by atoms with Gasteiger partial charge in [0.1, 0.15) is 11.1 Å². The van der Waals surface area contributed by atoms with Crippen LogP contribution in [0.5, 0.6) is 0 Å². The summed E-state index contributed by atoms with van der Waals surface area (Å²) in [6, 6.07) is 2.96. The number of carboxylic acids is 1. The summed E-state index contributed by atoms with van der Waals surface area (Å²) >= 11 is 1.33. The van der Waals surface area contributed by atoms with Gasteiger partial charge in [-0.15, -0.1) is 11.3 Å². The number of aromatic carboxylic acids is 1. The second-order valence-electron chi connectivity index (χ2n) is 2.40. The number of rotatable bonds is 1. The third kappa shape index (κ3) is 1.23. The zero-order chi connectivity index (χ0) is 9.42. The van der Waals surface area contributed by atoms with Crippen LogP contribution in [0, 0.1) is 0 Å². The molecule has 0 bridgehead atoms. The van der Waals surface area contributed by atoms with Gasteiger partial charge in [-0.2, -0.15) is 0 Å². The van der Waals surface area contributed by atoms with Gasteiger partial charge in [0, 0.05) is 0 Å². The monoisotopic (exact) mass is 196 g/mol. The highest BCUT2D eigenvalue weighted by molar-refractivity contribution is 7.17. The molecule has 1 N–H and O–H groups in total. The number of carboxylic acid groups (broad SMARTS) is 1. The van der Waals surface area contributed by atoms with E-state index in [1.807, 2.05) is 0 Å². The van der Waals surface area contributed by atoms with E-state index in [0.717, 1.165) is 0 Å². The van der Waals surface area contributed by atoms with Gasteiger partial charge in [-0.3, -0.25) is 0 Å². The van der Waals surface area contributed by atoms with Crippen LogP contribution in [0.2, 0.25) is 0 Å². The first-order valence-corrected chi connectivity index (χ1v) is 4.31. The molecule has 0 saturated heterocycles. The molecule has 0 radical (unpaired) electrons. The van der Waals surface area contributed by atoms with Gasteiger partial charge in [-0.05, 0) is 17.5 Å². The fraction of sp³-hybridized carbons (Fsp3) is 0. The molecule has 2 rings (SSSR count). The molecule has 2 aromatic rings. The van der Waals surface area contributed by atoms with Gasteiger partial charge in [0.15, 0.2) is 0 Å². The van der Waals surface area contributed by atoms with Crippen molar-refractivity contribution in [3.05, 3.63) is 33.5 Å². The van der Waals surface area contributed by atoms with Crippen LogP contribution in [-0.2, 0) is 0 Å². The topological polar surface area (TPSA) is 67.5 Å². The molecule has 0 saturated carbocycles. The number of thiophene rings is 1. The fourth-order valence-corrected chi connectivity index (χ4v) is 1.74. The molecule has 66 valence electrons. The molecule has 0 fully saturated rings. The maximum atomic E-state index is 11.0. The van der Waals surface area contributed by atoms with E-state index in [-0.39, 0.29) is 5.56 Å². The Labute approximate surface area is 76.0 Å². The van der Waals surface area contributed by atoms with Gasteiger partial charge >= 0.3 is 11.6 Å². The van der Waals surface area contributed by atoms with E-state index in [2.05, 4.69) is 0 Å². The van der Waals surface area contributed by atoms with Crippen molar-refractivity contribution in [2.75, 3.05) is 0 Å². The van der Waals surface area contributed by atoms with Crippen LogP contribution in [-0.4, -0.2) is 11.1 Å². The van der Waals surface area contributed by atoms with E-state index >= 15 is 0 Å². The van der Waals surface area contributed by atoms with E-state index in [9.17, 15) is 9.59 Å². The molecule has 2 heterocycles. The minimum atomic E-state index is -1.26. The van der Waals surface area contributed by atoms with Crippen LogP contribution < -0.4 is 5.63 Å². The molecule has 0 aliphatic rings. The summed E-state index contributed by atoms with van der Waals surface area (Å²) < 4.78 is 5.43. The lowest BCUT2D eigenvalue weighted by atomic mass is 10.3. The molecule has 0 aliphatic heterocycles. The smallest absolute Gasteiger partial charge is 0.351 e. The summed E-state index contributed by atoms with van der Waals surface area (Å²) in [4.78, 5) is 21.6. The first-order valence-electron chi connectivity index (χ1n) is 3.43. The Bertz CT molecular complexity index is 522. The van der Waals surface area contributed by atoms with E-state index < -0.39 is 11.6 Å². The van der Waals surface area contributed by atoms with Gasteiger partial charge in [-0.25, -0.2) is 9.59 Å². The highest BCUT2D eigenvalue weighted by Gasteiger charge is 2.11. The van der Waals surface area contributed by atoms with Crippen molar-refractivity contribution >= 4 is 27.6 Å². The van der Waals surface area contributed by atoms with Crippen LogP contribution in [0.15, 0.2) is 26.7 Å². The van der Waals surface area contributed by atoms with Gasteiger partial charge < -0.3 is 9.52 Å². The molecular weight excluding hydrogens is 192 g/mol. The molecule has 0 aliphatic carbocycles. The second kappa shape index (κ2) is 2.70. The van der Waals surface area contributed by atoms with Crippen molar-refractivity contribution in [2.24, 2.45) is 0 Å². The normalized spacial score (nSPS) is 10.5. The van der Waals surface area contributed by atoms with Crippen molar-refractivity contribution in [2.45, 2.75) is 0 Å². The predicted molar refractivity (Wildman–Crippen MR) is 47.3 cm³/mol. The molecule has 2 aromatic heterocycles. The Morgan fingerprint density at radius 1 is 1.54 bits per heavy atom. The Kier molecular flexibility index (Phi) is 1.66. The maximum Gasteiger partial charge on any atom is 0.351 e. The molecule has 0 unspecified atom stereocenters. The minimum absolute atomic E-state index is 0.324. The largest absolute Gasteiger partial charge is 0.477 e. The summed E-state index contributed by atoms with van der Waals surface area (Å²) in [5.41, 5.74) is -0.701. The third-order valence-corrected chi connectivity index (χ3v) is 2.43. The lowest BCUT2D eigenvalue weighted by Gasteiger charge is -1.91. The van der Waals surface area contributed by atoms with Crippen LogP contribution >= 0.6 is 11.3 Å². The first kappa shape index (κ1) is 8.00. The first-order chi connectivity index (χ1) is 6.18. The molecule has 0 spiro atoms. The van der Waals surface area contributed by atoms with E-state index in [4.69, 9.17) is 9.52 Å². The highest BCUT2D eigenvalue weighted by Crippen LogP contribution is 2.19. The quantitative estimate of drug-likeness (QED) is 0.751. The fourth-order valence-electron chi connectivity index (χ4n) is 0.993. The molecule has 13 heavy (non-hydrogen) atoms. The number of hydrogen-bond acceptors (Lipinski definition) is 4. The maximum absolute atomic E-state index is 11.0. The third-order valence-electron chi connectivity index (χ3n) is 1.59. The molecule has 4 nitrogen and oxygen atoms in total. The summed E-state index contributed by atoms with van der Waals surface area (Å²) in [5, 5.41) is 10.3. The predicted octanol–water partition coefficient (Wildman–Crippen LogP) is 1.55. The average molecular weight is 196 g/mol. The summed E-state index contributed by atoms with van der Waals surface area (Å²) in [6.45, 7) is 0. The van der Waals surface area contributed by atoms with Crippen LogP contribution in [0.3, 0.4) is 0 Å². The van der Waals surface area contributed by atoms with Crippen LogP contribution in [0.4, 0.5) is 0 Å². The Balaban J connectivity index is 2.84. The Morgan fingerprint density at radius 3 is 3.00 bits per heavy atom. The number of fused-ring (bicyclic) bond motifs is 1. The number of carbonyl (C=O) groups is 1. The number of hydrogen-bond donors (Lipinski definition) is 1. The van der Waals surface area contributed by atoms with Gasteiger partial charge in [0.2, 0.25) is 0 Å². The van der Waals surface area contributed by atoms with Crippen molar-refractivity contribution in [1.82, 2.24) is 0 Å². The Morgan fingerprint density at radius 2 is 2.31 bits per heavy atom. The van der Waals surface area contributed by atoms with Crippen molar-refractivity contribution < 1.29 is 14.3 Å². The molecule has 0 aromatic carbocycles. The lowest BCUT2D eigenvalue weighted by Crippen LogP contribution is -2.12. The van der Waals surface area contributed by atoms with E-state index in [1.165, 1.54) is 17.4 Å². The lowest BCUT2D eigenvalue weighted by molar-refractivity contribution is 0.0692. The van der Waals surface area contributed by atoms with Gasteiger partial charge in [0.25, 0.3) is 0 Å². The standard InChI is InChI=1S/C8H4O4S/c9-7(10)4-3-6-5(1-2-13-6)12-8(4)11/h1-3H,(H,9,10). The van der Waals surface area contributed by atoms with Gasteiger partial charge in [0.05, 0.1) is 4.70 Å². The van der Waals surface area contributed by atoms with Gasteiger partial charge in [-0.1, -0.05) is 0 Å². The van der Waals surface area contributed by atoms with E-state index in [1.54, 1.807) is 11.4 Å². The minimum Gasteiger partial charge on any atom is -0.477 e. The zero-order valence-corrected chi connectivity index (χ0v) is 7.13. The SMILES string of the molecule is O=C(O)c1cc2sccc2oc1=O. The molecule has 5 heteroatoms. The zero-order valence-electron chi connectivity index (χ0n) is 6.31. The average Bonchev–Trinajstić information content (AvgIpc) is 2.48. The van der Waals surface area contributed by atoms with E-state index in [0.29, 0.717) is 10.3 Å². The summed E-state index contributed by atoms with van der Waals surface area (Å²) in [7, 11) is 0. The highest BCUT2D eigenvalue weighted by atomic mass is 32.1. The van der Waals surface area contributed by atoms with Crippen molar-refractivity contribution in [3.63, 3.8) is 0 Å². The van der Waals surface area contributed by atoms with Crippen LogP contribution in [0.1, 0.15) is 10.4 Å². The van der Waals surface area contributed by atoms with Crippen molar-refractivity contribution in [3.8, 4) is 0 Å². The Hall–Kier alpha value is -1.62. The second-order valence-corrected chi connectivity index (χ2v) is 3.35. The molecule has 0 amide bonds.